The summed E-state index contributed by atoms with van der Waals surface area (Å²) >= 11 is 0. The van der Waals surface area contributed by atoms with Gasteiger partial charge in [-0.3, -0.25) is 4.90 Å². The molecule has 4 heteroatoms. The van der Waals surface area contributed by atoms with Crippen LogP contribution in [0.5, 0.6) is 0 Å². The van der Waals surface area contributed by atoms with Gasteiger partial charge in [-0.2, -0.15) is 0 Å². The van der Waals surface area contributed by atoms with Crippen molar-refractivity contribution >= 4 is 0 Å². The summed E-state index contributed by atoms with van der Waals surface area (Å²) < 4.78 is 20.3. The van der Waals surface area contributed by atoms with Gasteiger partial charge in [-0.15, -0.1) is 0 Å². The van der Waals surface area contributed by atoms with Crippen LogP contribution in [0, 0.1) is 17.3 Å². The molecule has 4 nitrogen and oxygen atoms in total. The van der Waals surface area contributed by atoms with E-state index in [9.17, 15) is 0 Å². The minimum absolute atomic E-state index is 0.0863. The second-order valence-corrected chi connectivity index (χ2v) is 13.6. The Balaban J connectivity index is 1.34. The molecule has 3 aromatic carbocycles. The van der Waals surface area contributed by atoms with Crippen molar-refractivity contribution in [1.82, 2.24) is 4.90 Å². The zero-order valence-corrected chi connectivity index (χ0v) is 26.2. The van der Waals surface area contributed by atoms with Crippen molar-refractivity contribution < 1.29 is 14.2 Å². The highest BCUT2D eigenvalue weighted by molar-refractivity contribution is 5.16. The Kier molecular flexibility index (Phi) is 10.9. The van der Waals surface area contributed by atoms with Gasteiger partial charge in [0.15, 0.2) is 0 Å². The van der Waals surface area contributed by atoms with E-state index in [4.69, 9.17) is 14.2 Å². The van der Waals surface area contributed by atoms with Crippen LogP contribution in [0.2, 0.25) is 0 Å². The smallest absolute Gasteiger partial charge is 0.113 e. The molecule has 0 N–H and O–H groups in total. The van der Waals surface area contributed by atoms with E-state index in [2.05, 4.69) is 124 Å². The minimum Gasteiger partial charge on any atom is -0.369 e. The van der Waals surface area contributed by atoms with Crippen LogP contribution in [0.25, 0.3) is 0 Å². The third-order valence-corrected chi connectivity index (χ3v) is 9.60. The van der Waals surface area contributed by atoms with Crippen LogP contribution in [-0.4, -0.2) is 42.3 Å². The zero-order valence-electron chi connectivity index (χ0n) is 26.2. The largest absolute Gasteiger partial charge is 0.369 e. The molecule has 0 amide bonds. The van der Waals surface area contributed by atoms with Crippen molar-refractivity contribution in [2.24, 2.45) is 17.3 Å². The van der Waals surface area contributed by atoms with E-state index in [0.717, 1.165) is 24.9 Å². The first-order chi connectivity index (χ1) is 20.4. The molecule has 0 radical (unpaired) electrons. The molecule has 42 heavy (non-hydrogen) atoms. The molecule has 0 bridgehead atoms. The van der Waals surface area contributed by atoms with Gasteiger partial charge < -0.3 is 14.2 Å². The average molecular weight is 570 g/mol. The lowest BCUT2D eigenvalue weighted by atomic mass is 9.69. The van der Waals surface area contributed by atoms with Gasteiger partial charge in [0.1, 0.15) is 12.2 Å². The van der Waals surface area contributed by atoms with E-state index < -0.39 is 0 Å². The first kappa shape index (κ1) is 30.9. The SMILES string of the molecule is C[C@@H]1[C@@H](OCc2ccccc2)[C@H](OCc2ccccc2)[C@@H](OCc2ccccc2)CN1CC1CCC(C(C)(C)C)CC1. The lowest BCUT2D eigenvalue weighted by Gasteiger charge is -2.49. The van der Waals surface area contributed by atoms with Crippen molar-refractivity contribution in [2.75, 3.05) is 13.1 Å². The Morgan fingerprint density at radius 1 is 0.619 bits per heavy atom. The number of nitrogens with zero attached hydrogens (tertiary/aromatic N) is 1. The second kappa shape index (κ2) is 14.8. The highest BCUT2D eigenvalue weighted by atomic mass is 16.6. The first-order valence-electron chi connectivity index (χ1n) is 16.1. The van der Waals surface area contributed by atoms with Crippen molar-refractivity contribution in [1.29, 1.82) is 0 Å². The molecule has 0 spiro atoms. The minimum atomic E-state index is -0.166. The molecule has 5 rings (SSSR count). The van der Waals surface area contributed by atoms with E-state index in [1.807, 2.05) is 0 Å². The van der Waals surface area contributed by atoms with Crippen LogP contribution >= 0.6 is 0 Å². The van der Waals surface area contributed by atoms with Gasteiger partial charge >= 0.3 is 0 Å². The molecule has 1 aliphatic carbocycles. The molecule has 1 heterocycles. The zero-order chi connectivity index (χ0) is 29.4. The maximum Gasteiger partial charge on any atom is 0.113 e. The molecule has 0 aromatic heterocycles. The number of ether oxygens (including phenoxy) is 3. The molecule has 1 aliphatic heterocycles. The summed E-state index contributed by atoms with van der Waals surface area (Å²) in [6, 6.07) is 31.7. The fourth-order valence-corrected chi connectivity index (χ4v) is 6.87. The van der Waals surface area contributed by atoms with E-state index >= 15 is 0 Å². The molecular weight excluding hydrogens is 518 g/mol. The summed E-state index contributed by atoms with van der Waals surface area (Å²) in [6.45, 7) is 13.2. The molecule has 1 saturated carbocycles. The lowest BCUT2D eigenvalue weighted by Crippen LogP contribution is -2.63. The number of benzene rings is 3. The molecular formula is C38H51NO3. The fraction of sp³-hybridized carbons (Fsp3) is 0.526. The number of rotatable bonds is 11. The monoisotopic (exact) mass is 569 g/mol. The highest BCUT2D eigenvalue weighted by Gasteiger charge is 2.45. The number of piperidine rings is 1. The van der Waals surface area contributed by atoms with Gasteiger partial charge in [0.05, 0.1) is 25.9 Å². The van der Waals surface area contributed by atoms with Gasteiger partial charge in [-0.05, 0) is 66.5 Å². The van der Waals surface area contributed by atoms with Crippen LogP contribution in [0.3, 0.4) is 0 Å². The van der Waals surface area contributed by atoms with Crippen LogP contribution in [0.15, 0.2) is 91.0 Å². The van der Waals surface area contributed by atoms with E-state index in [-0.39, 0.29) is 24.4 Å². The van der Waals surface area contributed by atoms with Crippen molar-refractivity contribution in [3.63, 3.8) is 0 Å². The van der Waals surface area contributed by atoms with Crippen molar-refractivity contribution in [3.8, 4) is 0 Å². The van der Waals surface area contributed by atoms with Crippen LogP contribution in [-0.2, 0) is 34.0 Å². The Morgan fingerprint density at radius 3 is 1.55 bits per heavy atom. The molecule has 2 aliphatic rings. The summed E-state index contributed by atoms with van der Waals surface area (Å²) in [6.07, 6.45) is 4.93. The first-order valence-corrected chi connectivity index (χ1v) is 16.1. The number of hydrogen-bond donors (Lipinski definition) is 0. The standard InChI is InChI=1S/C38H51NO3/c1-29-36(41-27-32-16-10-6-11-17-32)37(42-28-33-18-12-7-13-19-33)35(40-26-31-14-8-5-9-15-31)25-39(29)24-30-20-22-34(23-21-30)38(2,3)4/h5-19,29-30,34-37H,20-28H2,1-4H3/t29-,30?,34?,35+,36-,37-/m1/s1. The molecule has 3 aromatic rings. The summed E-state index contributed by atoms with van der Waals surface area (Å²) in [5, 5.41) is 0. The predicted octanol–water partition coefficient (Wildman–Crippen LogP) is 8.30. The van der Waals surface area contributed by atoms with Gasteiger partial charge in [0.2, 0.25) is 0 Å². The number of hydrogen-bond acceptors (Lipinski definition) is 4. The fourth-order valence-electron chi connectivity index (χ4n) is 6.87. The third-order valence-electron chi connectivity index (χ3n) is 9.60. The Morgan fingerprint density at radius 2 is 1.07 bits per heavy atom. The molecule has 1 saturated heterocycles. The number of likely N-dealkylation sites (tertiary alicyclic amines) is 1. The van der Waals surface area contributed by atoms with Crippen LogP contribution < -0.4 is 0 Å². The summed E-state index contributed by atoms with van der Waals surface area (Å²) in [5.74, 6) is 1.55. The third kappa shape index (κ3) is 8.54. The molecule has 226 valence electrons. The normalized spacial score (nSPS) is 27.1. The average Bonchev–Trinajstić information content (AvgIpc) is 3.01. The predicted molar refractivity (Wildman–Crippen MR) is 171 cm³/mol. The van der Waals surface area contributed by atoms with E-state index in [1.165, 1.54) is 42.4 Å². The van der Waals surface area contributed by atoms with Gasteiger partial charge in [-0.1, -0.05) is 112 Å². The lowest BCUT2D eigenvalue weighted by molar-refractivity contribution is -0.202. The van der Waals surface area contributed by atoms with Crippen molar-refractivity contribution in [3.05, 3.63) is 108 Å². The van der Waals surface area contributed by atoms with Crippen LogP contribution in [0.4, 0.5) is 0 Å². The molecule has 4 atom stereocenters. The Hall–Kier alpha value is -2.50. The Labute approximate surface area is 254 Å². The topological polar surface area (TPSA) is 30.9 Å². The van der Waals surface area contributed by atoms with Gasteiger partial charge in [0.25, 0.3) is 0 Å². The van der Waals surface area contributed by atoms with Gasteiger partial charge in [-0.25, -0.2) is 0 Å². The summed E-state index contributed by atoms with van der Waals surface area (Å²) in [4.78, 5) is 2.65. The van der Waals surface area contributed by atoms with Crippen LogP contribution in [0.1, 0.15) is 70.1 Å². The second-order valence-electron chi connectivity index (χ2n) is 13.6. The maximum absolute atomic E-state index is 6.80. The molecule has 0 unspecified atom stereocenters. The summed E-state index contributed by atoms with van der Waals surface area (Å²) in [7, 11) is 0. The van der Waals surface area contributed by atoms with Gasteiger partial charge in [0, 0.05) is 19.1 Å². The Bertz CT molecular complexity index is 1170. The van der Waals surface area contributed by atoms with Crippen molar-refractivity contribution in [2.45, 2.75) is 97.6 Å². The maximum atomic E-state index is 6.80. The highest BCUT2D eigenvalue weighted by Crippen LogP contribution is 2.40. The quantitative estimate of drug-likeness (QED) is 0.232. The summed E-state index contributed by atoms with van der Waals surface area (Å²) in [5.41, 5.74) is 3.95. The van der Waals surface area contributed by atoms with E-state index in [0.29, 0.717) is 25.2 Å². The van der Waals surface area contributed by atoms with E-state index in [1.54, 1.807) is 0 Å². The molecule has 2 fully saturated rings.